The van der Waals surface area contributed by atoms with Crippen molar-refractivity contribution in [3.05, 3.63) is 64.2 Å². The van der Waals surface area contributed by atoms with Gasteiger partial charge in [-0.1, -0.05) is 65.8 Å². The summed E-state index contributed by atoms with van der Waals surface area (Å²) in [6.45, 7) is 21.9. The number of rotatable bonds is 4. The molecular formula is C34H50O4. The molecule has 2 atom stereocenters. The highest BCUT2D eigenvalue weighted by molar-refractivity contribution is 5.88. The van der Waals surface area contributed by atoms with Gasteiger partial charge in [0.25, 0.3) is 0 Å². The van der Waals surface area contributed by atoms with Crippen LogP contribution in [0.1, 0.15) is 102 Å². The minimum atomic E-state index is -0.0480. The lowest BCUT2D eigenvalue weighted by atomic mass is 9.86. The van der Waals surface area contributed by atoms with Crippen LogP contribution in [0.25, 0.3) is 10.8 Å². The smallest absolute Gasteiger partial charge is 0.136 e. The minimum Gasteiger partial charge on any atom is -0.507 e. The lowest BCUT2D eigenvalue weighted by Gasteiger charge is -2.37. The number of methoxy groups -OCH3 is 1. The Morgan fingerprint density at radius 3 is 2.13 bits per heavy atom. The topological polar surface area (TPSA) is 55.8 Å². The average molecular weight is 523 g/mol. The third-order valence-electron chi connectivity index (χ3n) is 7.52. The van der Waals surface area contributed by atoms with Gasteiger partial charge in [0.1, 0.15) is 28.6 Å². The van der Waals surface area contributed by atoms with Gasteiger partial charge in [-0.25, -0.2) is 0 Å². The molecule has 0 spiro atoms. The molecule has 1 N–H and O–H groups in total. The van der Waals surface area contributed by atoms with E-state index in [4.69, 9.17) is 9.47 Å². The SMILES string of the molecule is CC.CC.CCC1(C)CCc2c(C)c(O)c(C)c(C)c2O1.COc1ccc2cc(C(C)C(C)=O)ccc2c1. The lowest BCUT2D eigenvalue weighted by Crippen LogP contribution is -2.36. The highest BCUT2D eigenvalue weighted by Crippen LogP contribution is 2.43. The molecule has 4 nitrogen and oxygen atoms in total. The van der Waals surface area contributed by atoms with Crippen molar-refractivity contribution in [2.45, 2.75) is 107 Å². The van der Waals surface area contributed by atoms with Crippen molar-refractivity contribution >= 4 is 16.6 Å². The van der Waals surface area contributed by atoms with Crippen molar-refractivity contribution in [1.29, 1.82) is 0 Å². The summed E-state index contributed by atoms with van der Waals surface area (Å²) in [5.74, 6) is 2.45. The Labute approximate surface area is 231 Å². The third kappa shape index (κ3) is 7.52. The lowest BCUT2D eigenvalue weighted by molar-refractivity contribution is -0.118. The second kappa shape index (κ2) is 14.8. The molecule has 0 amide bonds. The molecule has 3 aromatic carbocycles. The molecule has 38 heavy (non-hydrogen) atoms. The predicted molar refractivity (Wildman–Crippen MR) is 162 cm³/mol. The summed E-state index contributed by atoms with van der Waals surface area (Å²) in [5, 5.41) is 12.3. The van der Waals surface area contributed by atoms with E-state index in [0.29, 0.717) is 5.75 Å². The number of carbonyl (C=O) groups is 1. The fourth-order valence-electron chi connectivity index (χ4n) is 4.42. The van der Waals surface area contributed by atoms with Gasteiger partial charge in [-0.2, -0.15) is 0 Å². The first-order valence-corrected chi connectivity index (χ1v) is 14.1. The van der Waals surface area contributed by atoms with Crippen molar-refractivity contribution in [2.24, 2.45) is 0 Å². The summed E-state index contributed by atoms with van der Waals surface area (Å²) in [6.07, 6.45) is 3.05. The van der Waals surface area contributed by atoms with Gasteiger partial charge in [0, 0.05) is 11.5 Å². The van der Waals surface area contributed by atoms with E-state index in [0.717, 1.165) is 63.8 Å². The third-order valence-corrected chi connectivity index (χ3v) is 7.52. The zero-order chi connectivity index (χ0) is 29.2. The number of benzene rings is 3. The quantitative estimate of drug-likeness (QED) is 0.371. The van der Waals surface area contributed by atoms with Crippen molar-refractivity contribution in [1.82, 2.24) is 0 Å². The molecule has 0 fully saturated rings. The summed E-state index contributed by atoms with van der Waals surface area (Å²) in [4.78, 5) is 11.4. The van der Waals surface area contributed by atoms with Crippen LogP contribution in [0, 0.1) is 20.8 Å². The van der Waals surface area contributed by atoms with Crippen molar-refractivity contribution in [3.63, 3.8) is 0 Å². The van der Waals surface area contributed by atoms with E-state index in [9.17, 15) is 9.90 Å². The predicted octanol–water partition coefficient (Wildman–Crippen LogP) is 9.40. The standard InChI is InChI=1S/C15H22O2.C15H16O2.2C2H6/c1-6-15(5)8-7-12-11(4)13(16)9(2)10(3)14(12)17-15;1-10(11(2)16)12-4-5-14-9-15(17-3)7-6-13(14)8-12;2*1-2/h16H,6-8H2,1-5H3;4-10H,1-3H3;2*1-2H3. The average Bonchev–Trinajstić information content (AvgIpc) is 2.96. The summed E-state index contributed by atoms with van der Waals surface area (Å²) in [5.41, 5.74) is 5.23. The van der Waals surface area contributed by atoms with Crippen molar-refractivity contribution in [2.75, 3.05) is 7.11 Å². The fraction of sp³-hybridized carbons (Fsp3) is 0.500. The molecule has 0 aromatic heterocycles. The van der Waals surface area contributed by atoms with Gasteiger partial charge in [-0.05, 0) is 99.0 Å². The zero-order valence-corrected chi connectivity index (χ0v) is 25.8. The number of fused-ring (bicyclic) bond motifs is 2. The van der Waals surface area contributed by atoms with Crippen LogP contribution in [0.2, 0.25) is 0 Å². The number of ether oxygens (including phenoxy) is 2. The van der Waals surface area contributed by atoms with E-state index in [1.54, 1.807) is 14.0 Å². The number of hydrogen-bond acceptors (Lipinski definition) is 4. The van der Waals surface area contributed by atoms with Gasteiger partial charge in [0.05, 0.1) is 7.11 Å². The highest BCUT2D eigenvalue weighted by Gasteiger charge is 2.32. The molecule has 0 saturated heterocycles. The van der Waals surface area contributed by atoms with Crippen LogP contribution >= 0.6 is 0 Å². The van der Waals surface area contributed by atoms with Gasteiger partial charge in [0.15, 0.2) is 0 Å². The number of Topliss-reactive ketones (excluding diaryl/α,β-unsaturated/α-hetero) is 1. The molecular weight excluding hydrogens is 472 g/mol. The summed E-state index contributed by atoms with van der Waals surface area (Å²) >= 11 is 0. The molecule has 1 heterocycles. The van der Waals surface area contributed by atoms with Crippen molar-refractivity contribution in [3.8, 4) is 17.2 Å². The maximum atomic E-state index is 11.4. The Morgan fingerprint density at radius 2 is 1.58 bits per heavy atom. The number of ketones is 1. The molecule has 1 aliphatic rings. The van der Waals surface area contributed by atoms with Crippen LogP contribution in [0.5, 0.6) is 17.2 Å². The molecule has 210 valence electrons. The van der Waals surface area contributed by atoms with Crippen molar-refractivity contribution < 1.29 is 19.4 Å². The van der Waals surface area contributed by atoms with Crippen LogP contribution in [0.15, 0.2) is 36.4 Å². The maximum Gasteiger partial charge on any atom is 0.136 e. The normalized spacial score (nSPS) is 16.2. The summed E-state index contributed by atoms with van der Waals surface area (Å²) in [7, 11) is 1.66. The Kier molecular flexibility index (Phi) is 12.9. The molecule has 0 saturated carbocycles. The van der Waals surface area contributed by atoms with Crippen LogP contribution in [-0.4, -0.2) is 23.6 Å². The number of hydrogen-bond donors (Lipinski definition) is 1. The maximum absolute atomic E-state index is 11.4. The second-order valence-corrected chi connectivity index (χ2v) is 9.74. The summed E-state index contributed by atoms with van der Waals surface area (Å²) in [6, 6.07) is 12.1. The van der Waals surface area contributed by atoms with E-state index < -0.39 is 0 Å². The molecule has 1 aliphatic heterocycles. The molecule has 0 bridgehead atoms. The molecule has 2 unspecified atom stereocenters. The van der Waals surface area contributed by atoms with Gasteiger partial charge in [-0.15, -0.1) is 0 Å². The first-order chi connectivity index (χ1) is 18.0. The van der Waals surface area contributed by atoms with E-state index in [2.05, 4.69) is 19.9 Å². The number of phenolic OH excluding ortho intramolecular Hbond substituents is 1. The largest absolute Gasteiger partial charge is 0.507 e. The monoisotopic (exact) mass is 522 g/mol. The molecule has 0 radical (unpaired) electrons. The molecule has 4 rings (SSSR count). The van der Waals surface area contributed by atoms with E-state index >= 15 is 0 Å². The Bertz CT molecular complexity index is 1210. The Morgan fingerprint density at radius 1 is 1.00 bits per heavy atom. The van der Waals surface area contributed by atoms with E-state index in [-0.39, 0.29) is 17.3 Å². The molecule has 4 heteroatoms. The summed E-state index contributed by atoms with van der Waals surface area (Å²) < 4.78 is 11.4. The fourth-order valence-corrected chi connectivity index (χ4v) is 4.42. The Hall–Kier alpha value is -3.01. The van der Waals surface area contributed by atoms with Gasteiger partial charge in [0.2, 0.25) is 0 Å². The number of carbonyl (C=O) groups excluding carboxylic acids is 1. The highest BCUT2D eigenvalue weighted by atomic mass is 16.5. The first kappa shape index (κ1) is 33.0. The van der Waals surface area contributed by atoms with E-state index in [1.807, 2.05) is 85.7 Å². The zero-order valence-electron chi connectivity index (χ0n) is 25.8. The molecule has 3 aromatic rings. The minimum absolute atomic E-state index is 0.0403. The van der Waals surface area contributed by atoms with Gasteiger partial charge in [-0.3, -0.25) is 4.79 Å². The molecule has 0 aliphatic carbocycles. The number of aromatic hydroxyl groups is 1. The van der Waals surface area contributed by atoms with Crippen LogP contribution in [0.4, 0.5) is 0 Å². The van der Waals surface area contributed by atoms with Crippen LogP contribution in [-0.2, 0) is 11.2 Å². The van der Waals surface area contributed by atoms with Crippen LogP contribution in [0.3, 0.4) is 0 Å². The van der Waals surface area contributed by atoms with Crippen LogP contribution < -0.4 is 9.47 Å². The van der Waals surface area contributed by atoms with Gasteiger partial charge >= 0.3 is 0 Å². The van der Waals surface area contributed by atoms with Gasteiger partial charge < -0.3 is 14.6 Å². The van der Waals surface area contributed by atoms with E-state index in [1.165, 1.54) is 5.56 Å². The second-order valence-electron chi connectivity index (χ2n) is 9.74. The first-order valence-electron chi connectivity index (χ1n) is 14.1. The number of phenols is 1. The Balaban J connectivity index is 0.000000336.